The number of carbonyl (C=O) groups is 2. The minimum Gasteiger partial charge on any atom is -0.406 e. The van der Waals surface area contributed by atoms with Gasteiger partial charge in [0.2, 0.25) is 15.9 Å². The summed E-state index contributed by atoms with van der Waals surface area (Å²) < 4.78 is 69.9. The van der Waals surface area contributed by atoms with E-state index in [1.165, 1.54) is 22.2 Å². The van der Waals surface area contributed by atoms with Gasteiger partial charge in [-0.25, -0.2) is 13.2 Å². The number of piperazine rings is 1. The van der Waals surface area contributed by atoms with Gasteiger partial charge in [-0.3, -0.25) is 14.7 Å². The fourth-order valence-corrected chi connectivity index (χ4v) is 6.27. The monoisotopic (exact) mass is 619 g/mol. The van der Waals surface area contributed by atoms with Crippen molar-refractivity contribution in [3.05, 3.63) is 84.2 Å². The largest absolute Gasteiger partial charge is 0.573 e. The second-order valence-corrected chi connectivity index (χ2v) is 11.8. The van der Waals surface area contributed by atoms with E-state index in [4.69, 9.17) is 0 Å². The van der Waals surface area contributed by atoms with Gasteiger partial charge in [0, 0.05) is 51.3 Å². The molecule has 0 saturated carbocycles. The van der Waals surface area contributed by atoms with E-state index >= 15 is 0 Å². The van der Waals surface area contributed by atoms with Crippen LogP contribution in [0.1, 0.15) is 24.5 Å². The van der Waals surface area contributed by atoms with Crippen molar-refractivity contribution in [1.82, 2.24) is 19.5 Å². The number of carbonyl (C=O) groups excluding carboxylic acids is 2. The lowest BCUT2D eigenvalue weighted by Crippen LogP contribution is -2.62. The minimum atomic E-state index is -4.94. The first-order valence-corrected chi connectivity index (χ1v) is 15.0. The Morgan fingerprint density at radius 3 is 2.23 bits per heavy atom. The van der Waals surface area contributed by atoms with Crippen LogP contribution in [0.5, 0.6) is 5.75 Å². The second-order valence-electron chi connectivity index (χ2n) is 9.93. The smallest absolute Gasteiger partial charge is 0.406 e. The number of rotatable bonds is 9. The van der Waals surface area contributed by atoms with Gasteiger partial charge in [0.15, 0.2) is 0 Å². The molecule has 1 atom stereocenters. The van der Waals surface area contributed by atoms with Crippen molar-refractivity contribution in [3.63, 3.8) is 0 Å². The summed E-state index contributed by atoms with van der Waals surface area (Å²) in [6.45, 7) is 1.72. The Bertz CT molecular complexity index is 1500. The summed E-state index contributed by atoms with van der Waals surface area (Å²) in [7, 11) is -2.80. The minimum absolute atomic E-state index is 0.0224. The molecule has 230 valence electrons. The van der Waals surface area contributed by atoms with Crippen LogP contribution in [-0.2, 0) is 27.8 Å². The summed E-state index contributed by atoms with van der Waals surface area (Å²) in [4.78, 5) is 33.2. The molecule has 3 aromatic rings. The van der Waals surface area contributed by atoms with E-state index in [9.17, 15) is 31.2 Å². The van der Waals surface area contributed by atoms with Gasteiger partial charge in [-0.1, -0.05) is 37.6 Å². The lowest BCUT2D eigenvalue weighted by molar-refractivity contribution is -0.274. The van der Waals surface area contributed by atoms with Gasteiger partial charge in [-0.2, -0.15) is 4.31 Å². The number of benzene rings is 2. The topological polar surface area (TPSA) is 112 Å². The Morgan fingerprint density at radius 1 is 1.00 bits per heavy atom. The number of aromatic nitrogens is 1. The molecule has 3 amide bonds. The van der Waals surface area contributed by atoms with Crippen LogP contribution in [0.4, 0.5) is 23.7 Å². The molecule has 1 fully saturated rings. The highest BCUT2D eigenvalue weighted by molar-refractivity contribution is 7.89. The van der Waals surface area contributed by atoms with E-state index in [-0.39, 0.29) is 31.1 Å². The number of anilines is 1. The molecule has 1 N–H and O–H groups in total. The standard InChI is InChI=1S/C29H32F3N5O5S/c1-3-4-21-5-7-22(8-6-21)19-34-27(38)26-20-36(28(39)35(2)23-13-15-33-16-14-23)17-18-37(26)43(40,41)25-11-9-24(10-12-25)42-29(30,31)32/h5-16,26H,3-4,17-20H2,1-2H3,(H,34,38)/t26-/m1/s1. The molecule has 1 saturated heterocycles. The summed E-state index contributed by atoms with van der Waals surface area (Å²) in [6, 6.07) is 13.0. The number of pyridine rings is 1. The number of nitrogens with zero attached hydrogens (tertiary/aromatic N) is 4. The van der Waals surface area contributed by atoms with Crippen molar-refractivity contribution < 1.29 is 35.9 Å². The highest BCUT2D eigenvalue weighted by atomic mass is 32.2. The van der Waals surface area contributed by atoms with Crippen LogP contribution >= 0.6 is 0 Å². The van der Waals surface area contributed by atoms with Gasteiger partial charge in [0.05, 0.1) is 4.90 Å². The van der Waals surface area contributed by atoms with Crippen LogP contribution in [0.2, 0.25) is 0 Å². The van der Waals surface area contributed by atoms with Crippen LogP contribution in [0.25, 0.3) is 0 Å². The average molecular weight is 620 g/mol. The maximum atomic E-state index is 13.7. The molecule has 43 heavy (non-hydrogen) atoms. The van der Waals surface area contributed by atoms with E-state index in [0.717, 1.165) is 52.5 Å². The van der Waals surface area contributed by atoms with E-state index in [1.54, 1.807) is 19.2 Å². The van der Waals surface area contributed by atoms with E-state index in [0.29, 0.717) is 5.69 Å². The molecule has 1 aromatic heterocycles. The quantitative estimate of drug-likeness (QED) is 0.385. The fraction of sp³-hybridized carbons (Fsp3) is 0.345. The summed E-state index contributed by atoms with van der Waals surface area (Å²) in [5.41, 5.74) is 2.52. The zero-order valence-corrected chi connectivity index (χ0v) is 24.4. The normalized spacial score (nSPS) is 16.0. The van der Waals surface area contributed by atoms with Crippen LogP contribution < -0.4 is 15.0 Å². The molecule has 0 unspecified atom stereocenters. The number of aryl methyl sites for hydroxylation is 1. The van der Waals surface area contributed by atoms with Crippen LogP contribution in [0.3, 0.4) is 0 Å². The number of amides is 3. The highest BCUT2D eigenvalue weighted by Gasteiger charge is 2.42. The predicted octanol–water partition coefficient (Wildman–Crippen LogP) is 4.18. The number of sulfonamides is 1. The lowest BCUT2D eigenvalue weighted by atomic mass is 10.1. The maximum Gasteiger partial charge on any atom is 0.573 e. The molecule has 0 radical (unpaired) electrons. The lowest BCUT2D eigenvalue weighted by Gasteiger charge is -2.40. The number of halogens is 3. The number of alkyl halides is 3. The molecule has 4 rings (SSSR count). The van der Waals surface area contributed by atoms with Gasteiger partial charge >= 0.3 is 12.4 Å². The van der Waals surface area contributed by atoms with Crippen LogP contribution in [-0.4, -0.2) is 73.6 Å². The first kappa shape index (κ1) is 31.8. The van der Waals surface area contributed by atoms with Crippen molar-refractivity contribution in [1.29, 1.82) is 0 Å². The van der Waals surface area contributed by atoms with Gasteiger partial charge in [0.25, 0.3) is 0 Å². The Balaban J connectivity index is 1.56. The first-order valence-electron chi connectivity index (χ1n) is 13.5. The van der Waals surface area contributed by atoms with Crippen molar-refractivity contribution in [2.24, 2.45) is 0 Å². The molecular formula is C29H32F3N5O5S. The van der Waals surface area contributed by atoms with Gasteiger partial charge in [-0.15, -0.1) is 13.2 Å². The molecule has 14 heteroatoms. The molecule has 1 aliphatic rings. The van der Waals surface area contributed by atoms with Gasteiger partial charge < -0.3 is 15.0 Å². The molecular weight excluding hydrogens is 587 g/mol. The molecule has 1 aliphatic heterocycles. The Morgan fingerprint density at radius 2 is 1.63 bits per heavy atom. The molecule has 2 heterocycles. The number of hydrogen-bond acceptors (Lipinski definition) is 6. The summed E-state index contributed by atoms with van der Waals surface area (Å²) in [5.74, 6) is -1.21. The maximum absolute atomic E-state index is 13.7. The van der Waals surface area contributed by atoms with Gasteiger partial charge in [0.1, 0.15) is 11.8 Å². The molecule has 0 aliphatic carbocycles. The third-order valence-corrected chi connectivity index (χ3v) is 8.86. The number of hydrogen-bond donors (Lipinski definition) is 1. The SMILES string of the molecule is CCCc1ccc(CNC(=O)[C@H]2CN(C(=O)N(C)c3ccncc3)CCN2S(=O)(=O)c2ccc(OC(F)(F)F)cc2)cc1. The highest BCUT2D eigenvalue weighted by Crippen LogP contribution is 2.27. The number of nitrogens with one attached hydrogen (secondary N) is 1. The number of urea groups is 1. The van der Waals surface area contributed by atoms with Crippen molar-refractivity contribution >= 4 is 27.6 Å². The zero-order valence-electron chi connectivity index (χ0n) is 23.6. The molecule has 0 bridgehead atoms. The van der Waals surface area contributed by atoms with E-state index in [2.05, 4.69) is 22.0 Å². The van der Waals surface area contributed by atoms with Crippen molar-refractivity contribution in [3.8, 4) is 5.75 Å². The summed E-state index contributed by atoms with van der Waals surface area (Å²) in [5, 5.41) is 2.78. The second kappa shape index (κ2) is 13.4. The van der Waals surface area contributed by atoms with Crippen molar-refractivity contribution in [2.45, 2.75) is 43.6 Å². The Labute approximate surface area is 248 Å². The Hall–Kier alpha value is -4.17. The van der Waals surface area contributed by atoms with Crippen LogP contribution in [0.15, 0.2) is 78.0 Å². The average Bonchev–Trinajstić information content (AvgIpc) is 2.99. The van der Waals surface area contributed by atoms with Gasteiger partial charge in [-0.05, 0) is 53.9 Å². The molecule has 0 spiro atoms. The van der Waals surface area contributed by atoms with E-state index < -0.39 is 40.1 Å². The summed E-state index contributed by atoms with van der Waals surface area (Å²) >= 11 is 0. The molecule has 2 aromatic carbocycles. The first-order chi connectivity index (χ1) is 20.4. The number of ether oxygens (including phenoxy) is 1. The fourth-order valence-electron chi connectivity index (χ4n) is 4.70. The zero-order chi connectivity index (χ0) is 31.2. The van der Waals surface area contributed by atoms with Crippen LogP contribution in [0, 0.1) is 0 Å². The predicted molar refractivity (Wildman–Crippen MR) is 153 cm³/mol. The third kappa shape index (κ3) is 8.02. The van der Waals surface area contributed by atoms with E-state index in [1.807, 2.05) is 24.3 Å². The van der Waals surface area contributed by atoms with Crippen molar-refractivity contribution in [2.75, 3.05) is 31.6 Å². The summed E-state index contributed by atoms with van der Waals surface area (Å²) in [6.07, 6.45) is 0.0277. The molecule has 10 nitrogen and oxygen atoms in total. The Kier molecular flexibility index (Phi) is 9.91. The third-order valence-electron chi connectivity index (χ3n) is 6.93.